The third-order valence-electron chi connectivity index (χ3n) is 1.54. The van der Waals surface area contributed by atoms with E-state index in [9.17, 15) is 9.59 Å². The van der Waals surface area contributed by atoms with E-state index in [1.54, 1.807) is 0 Å². The van der Waals surface area contributed by atoms with Crippen molar-refractivity contribution in [2.75, 3.05) is 13.1 Å². The maximum absolute atomic E-state index is 10.6. The average Bonchev–Trinajstić information content (AvgIpc) is 2.23. The number of hydrogen-bond acceptors (Lipinski definition) is 5. The summed E-state index contributed by atoms with van der Waals surface area (Å²) in [5.74, 6) is 0.588. The van der Waals surface area contributed by atoms with Crippen molar-refractivity contribution >= 4 is 23.2 Å². The summed E-state index contributed by atoms with van der Waals surface area (Å²) in [6, 6.07) is 0. The SMILES string of the molecule is CC(C)CN(C=O)ON(C=O)CC(C)C.O=S(=O)(O)O. The Hall–Kier alpha value is -1.23. The molecule has 0 unspecified atom stereocenters. The summed E-state index contributed by atoms with van der Waals surface area (Å²) in [4.78, 5) is 26.4. The van der Waals surface area contributed by atoms with E-state index in [0.29, 0.717) is 37.7 Å². The molecular formula is C10H22N2O7S. The highest BCUT2D eigenvalue weighted by Gasteiger charge is 2.12. The summed E-state index contributed by atoms with van der Waals surface area (Å²) in [5.41, 5.74) is 0. The van der Waals surface area contributed by atoms with Crippen molar-refractivity contribution < 1.29 is 32.1 Å². The molecule has 9 nitrogen and oxygen atoms in total. The van der Waals surface area contributed by atoms with Crippen LogP contribution in [0, 0.1) is 11.8 Å². The Bertz CT molecular complexity index is 342. The van der Waals surface area contributed by atoms with Crippen LogP contribution in [0.1, 0.15) is 27.7 Å². The van der Waals surface area contributed by atoms with Crippen LogP contribution in [0.4, 0.5) is 0 Å². The molecule has 120 valence electrons. The Morgan fingerprint density at radius 3 is 1.35 bits per heavy atom. The van der Waals surface area contributed by atoms with Gasteiger partial charge in [0.15, 0.2) is 0 Å². The maximum Gasteiger partial charge on any atom is 0.394 e. The van der Waals surface area contributed by atoms with Gasteiger partial charge in [0, 0.05) is 0 Å². The van der Waals surface area contributed by atoms with Gasteiger partial charge in [-0.15, -0.1) is 4.94 Å². The van der Waals surface area contributed by atoms with E-state index in [1.165, 1.54) is 0 Å². The van der Waals surface area contributed by atoms with E-state index in [1.807, 2.05) is 27.7 Å². The molecule has 0 bridgehead atoms. The summed E-state index contributed by atoms with van der Waals surface area (Å²) < 4.78 is 31.6. The second-order valence-corrected chi connectivity index (χ2v) is 5.62. The van der Waals surface area contributed by atoms with Crippen LogP contribution in [-0.2, 0) is 24.9 Å². The van der Waals surface area contributed by atoms with Crippen molar-refractivity contribution in [1.82, 2.24) is 10.1 Å². The van der Waals surface area contributed by atoms with E-state index in [0.717, 1.165) is 10.1 Å². The zero-order valence-corrected chi connectivity index (χ0v) is 12.8. The number of carbonyl (C=O) groups excluding carboxylic acids is 2. The van der Waals surface area contributed by atoms with Gasteiger partial charge < -0.3 is 0 Å². The van der Waals surface area contributed by atoms with Gasteiger partial charge in [0.2, 0.25) is 12.8 Å². The molecule has 0 saturated carbocycles. The molecule has 2 amide bonds. The van der Waals surface area contributed by atoms with Crippen LogP contribution in [0.15, 0.2) is 0 Å². The van der Waals surface area contributed by atoms with Crippen LogP contribution in [-0.4, -0.2) is 53.6 Å². The molecule has 0 aromatic heterocycles. The normalized spacial score (nSPS) is 10.8. The summed E-state index contributed by atoms with van der Waals surface area (Å²) in [6.07, 6.45) is 1.16. The monoisotopic (exact) mass is 314 g/mol. The highest BCUT2D eigenvalue weighted by atomic mass is 32.3. The first-order chi connectivity index (χ1) is 8.99. The van der Waals surface area contributed by atoms with Crippen LogP contribution in [0.25, 0.3) is 0 Å². The van der Waals surface area contributed by atoms with Crippen LogP contribution in [0.3, 0.4) is 0 Å². The van der Waals surface area contributed by atoms with Gasteiger partial charge in [-0.1, -0.05) is 27.7 Å². The number of amides is 2. The van der Waals surface area contributed by atoms with E-state index < -0.39 is 10.4 Å². The Morgan fingerprint density at radius 2 is 1.20 bits per heavy atom. The minimum atomic E-state index is -4.67. The molecule has 0 aromatic rings. The zero-order chi connectivity index (χ0) is 16.3. The van der Waals surface area contributed by atoms with Crippen molar-refractivity contribution in [3.05, 3.63) is 0 Å². The lowest BCUT2D eigenvalue weighted by molar-refractivity contribution is -0.289. The third kappa shape index (κ3) is 19.1. The van der Waals surface area contributed by atoms with Crippen molar-refractivity contribution in [2.24, 2.45) is 11.8 Å². The van der Waals surface area contributed by atoms with E-state index >= 15 is 0 Å². The first-order valence-corrected chi connectivity index (χ1v) is 7.21. The maximum atomic E-state index is 10.6. The minimum absolute atomic E-state index is 0.294. The van der Waals surface area contributed by atoms with Gasteiger partial charge in [-0.3, -0.25) is 18.7 Å². The summed E-state index contributed by atoms with van der Waals surface area (Å²) in [7, 11) is -4.67. The second kappa shape index (κ2) is 10.5. The Labute approximate surface area is 119 Å². The first kappa shape index (κ1) is 21.1. The van der Waals surface area contributed by atoms with Gasteiger partial charge in [0.25, 0.3) is 0 Å². The smallest absolute Gasteiger partial charge is 0.276 e. The van der Waals surface area contributed by atoms with E-state index in [-0.39, 0.29) is 0 Å². The first-order valence-electron chi connectivity index (χ1n) is 5.81. The fourth-order valence-electron chi connectivity index (χ4n) is 1.05. The molecule has 20 heavy (non-hydrogen) atoms. The zero-order valence-electron chi connectivity index (χ0n) is 12.0. The summed E-state index contributed by atoms with van der Waals surface area (Å²) in [6.45, 7) is 8.79. The van der Waals surface area contributed by atoms with Gasteiger partial charge in [-0.25, -0.2) is 0 Å². The molecule has 0 aliphatic rings. The van der Waals surface area contributed by atoms with Gasteiger partial charge in [-0.2, -0.15) is 18.5 Å². The van der Waals surface area contributed by atoms with Crippen molar-refractivity contribution in [3.63, 3.8) is 0 Å². The van der Waals surface area contributed by atoms with Crippen LogP contribution in [0.5, 0.6) is 0 Å². The average molecular weight is 314 g/mol. The van der Waals surface area contributed by atoms with Gasteiger partial charge in [0.1, 0.15) is 0 Å². The highest BCUT2D eigenvalue weighted by molar-refractivity contribution is 7.79. The van der Waals surface area contributed by atoms with Crippen LogP contribution in [0.2, 0.25) is 0 Å². The quantitative estimate of drug-likeness (QED) is 0.377. The van der Waals surface area contributed by atoms with Gasteiger partial charge in [-0.05, 0) is 11.8 Å². The second-order valence-electron chi connectivity index (χ2n) is 4.73. The van der Waals surface area contributed by atoms with Crippen LogP contribution >= 0.6 is 0 Å². The van der Waals surface area contributed by atoms with Crippen molar-refractivity contribution in [2.45, 2.75) is 27.7 Å². The molecule has 0 atom stereocenters. The fourth-order valence-corrected chi connectivity index (χ4v) is 1.05. The fraction of sp³-hybridized carbons (Fsp3) is 0.800. The van der Waals surface area contributed by atoms with Crippen molar-refractivity contribution in [1.29, 1.82) is 0 Å². The predicted octanol–water partition coefficient (Wildman–Crippen LogP) is 0.409. The van der Waals surface area contributed by atoms with Gasteiger partial charge >= 0.3 is 10.4 Å². The molecule has 0 heterocycles. The molecule has 0 spiro atoms. The third-order valence-corrected chi connectivity index (χ3v) is 1.54. The number of rotatable bonds is 8. The minimum Gasteiger partial charge on any atom is -0.276 e. The Morgan fingerprint density at radius 1 is 0.950 bits per heavy atom. The molecular weight excluding hydrogens is 292 g/mol. The molecule has 0 saturated heterocycles. The topological polar surface area (TPSA) is 124 Å². The molecule has 0 radical (unpaired) electrons. The molecule has 0 aromatic carbocycles. The van der Waals surface area contributed by atoms with Crippen LogP contribution < -0.4 is 0 Å². The Kier molecular flexibility index (Phi) is 11.1. The lowest BCUT2D eigenvalue weighted by atomic mass is 10.2. The number of nitrogens with zero attached hydrogens (tertiary/aromatic N) is 2. The number of hydrogen-bond donors (Lipinski definition) is 2. The molecule has 0 aliphatic carbocycles. The van der Waals surface area contributed by atoms with E-state index in [2.05, 4.69) is 0 Å². The molecule has 2 N–H and O–H groups in total. The summed E-state index contributed by atoms with van der Waals surface area (Å²) in [5, 5.41) is 2.25. The Balaban J connectivity index is 0. The summed E-state index contributed by atoms with van der Waals surface area (Å²) >= 11 is 0. The molecule has 0 fully saturated rings. The largest absolute Gasteiger partial charge is 0.394 e. The van der Waals surface area contributed by atoms with E-state index in [4.69, 9.17) is 22.5 Å². The molecule has 10 heteroatoms. The lowest BCUT2D eigenvalue weighted by Gasteiger charge is -2.25. The standard InChI is InChI=1S/C10H20N2O3.H2O4S/c1-9(2)5-11(7-13)15-12(8-14)6-10(3)4;1-5(2,3)4/h7-10H,5-6H2,1-4H3;(H2,1,2,3,4). The number of carbonyl (C=O) groups is 2. The number of hydroxylamine groups is 4. The van der Waals surface area contributed by atoms with Crippen molar-refractivity contribution in [3.8, 4) is 0 Å². The molecule has 0 rings (SSSR count). The highest BCUT2D eigenvalue weighted by Crippen LogP contribution is 2.02. The lowest BCUT2D eigenvalue weighted by Crippen LogP contribution is -2.37. The predicted molar refractivity (Wildman–Crippen MR) is 70.5 cm³/mol. The molecule has 0 aliphatic heterocycles. The van der Waals surface area contributed by atoms with Gasteiger partial charge in [0.05, 0.1) is 13.1 Å².